The van der Waals surface area contributed by atoms with E-state index in [4.69, 9.17) is 0 Å². The van der Waals surface area contributed by atoms with Gasteiger partial charge in [-0.1, -0.05) is 0 Å². The lowest BCUT2D eigenvalue weighted by molar-refractivity contribution is -0.388. The number of carbonyl (C=O) groups is 1. The van der Waals surface area contributed by atoms with Crippen molar-refractivity contribution < 1.29 is 32.2 Å². The minimum Gasteiger partial charge on any atom is -0.549 e. The summed E-state index contributed by atoms with van der Waals surface area (Å²) in [6, 6.07) is 1.33. The molecule has 0 saturated carbocycles. The van der Waals surface area contributed by atoms with Crippen molar-refractivity contribution in [3.05, 3.63) is 33.9 Å². The zero-order valence-electron chi connectivity index (χ0n) is 8.97. The van der Waals surface area contributed by atoms with Gasteiger partial charge in [-0.05, 0) is 12.1 Å². The highest BCUT2D eigenvalue weighted by atomic mass is 32.2. The molecule has 0 aromatic heterocycles. The number of hydrogen-bond acceptors (Lipinski definition) is 5. The molecule has 0 aliphatic rings. The van der Waals surface area contributed by atoms with E-state index in [0.29, 0.717) is 12.1 Å². The van der Waals surface area contributed by atoms with Gasteiger partial charge in [0.15, 0.2) is 0 Å². The van der Waals surface area contributed by atoms with Gasteiger partial charge in [0.1, 0.15) is 4.90 Å². The van der Waals surface area contributed by atoms with Crippen LogP contribution in [0.25, 0.3) is 0 Å². The Balaban J connectivity index is 3.31. The number of nitrogens with zero attached hydrogens (tertiary/aromatic N) is 1. The molecule has 0 saturated heterocycles. The monoisotopic (exact) mass is 296 g/mol. The molecular formula is C9H5F3NO5S-. The van der Waals surface area contributed by atoms with Gasteiger partial charge in [0, 0.05) is 6.07 Å². The van der Waals surface area contributed by atoms with E-state index in [1.54, 1.807) is 0 Å². The standard InChI is InChI=1S/C9H6F3NO5S/c10-9(11,12)5-1-2-7(6(3-5)13(16)17)19(18)4-8(14)15/h1-3H,4H2,(H,14,15)/p-1. The summed E-state index contributed by atoms with van der Waals surface area (Å²) in [5.41, 5.74) is -2.33. The SMILES string of the molecule is O=C([O-])CS(=O)c1ccc(C(F)(F)F)cc1[N+](=O)[O-]. The van der Waals surface area contributed by atoms with Crippen LogP contribution < -0.4 is 5.11 Å². The number of nitro groups is 1. The molecule has 0 aliphatic carbocycles. The van der Waals surface area contributed by atoms with Crippen LogP contribution in [0.15, 0.2) is 23.1 Å². The largest absolute Gasteiger partial charge is 0.549 e. The van der Waals surface area contributed by atoms with Crippen LogP contribution in [0.5, 0.6) is 0 Å². The van der Waals surface area contributed by atoms with Gasteiger partial charge in [-0.2, -0.15) is 13.2 Å². The van der Waals surface area contributed by atoms with E-state index in [-0.39, 0.29) is 6.07 Å². The molecule has 10 heteroatoms. The van der Waals surface area contributed by atoms with Crippen LogP contribution in [-0.4, -0.2) is 20.9 Å². The Bertz CT molecular complexity index is 557. The van der Waals surface area contributed by atoms with Crippen LogP contribution in [0.4, 0.5) is 18.9 Å². The Labute approximate surface area is 106 Å². The number of aliphatic carboxylic acids is 1. The van der Waals surface area contributed by atoms with Crippen molar-refractivity contribution in [3.63, 3.8) is 0 Å². The molecule has 0 N–H and O–H groups in total. The molecule has 104 valence electrons. The summed E-state index contributed by atoms with van der Waals surface area (Å²) in [5.74, 6) is -2.76. The lowest BCUT2D eigenvalue weighted by atomic mass is 10.2. The fourth-order valence-corrected chi connectivity index (χ4v) is 2.17. The summed E-state index contributed by atoms with van der Waals surface area (Å²) in [5, 5.41) is 20.9. The van der Waals surface area contributed by atoms with Gasteiger partial charge in [-0.25, -0.2) is 0 Å². The average molecular weight is 296 g/mol. The number of nitro benzene ring substituents is 1. The highest BCUT2D eigenvalue weighted by Crippen LogP contribution is 2.34. The maximum Gasteiger partial charge on any atom is 0.416 e. The zero-order valence-corrected chi connectivity index (χ0v) is 9.79. The van der Waals surface area contributed by atoms with Gasteiger partial charge in [0.05, 0.1) is 33.0 Å². The van der Waals surface area contributed by atoms with E-state index in [1.165, 1.54) is 0 Å². The first-order valence-corrected chi connectivity index (χ1v) is 5.88. The molecule has 1 unspecified atom stereocenters. The molecule has 0 spiro atoms. The van der Waals surface area contributed by atoms with Crippen molar-refractivity contribution in [2.75, 3.05) is 5.75 Å². The van der Waals surface area contributed by atoms with E-state index in [0.717, 1.165) is 0 Å². The first kappa shape index (κ1) is 15.1. The molecule has 1 rings (SSSR count). The van der Waals surface area contributed by atoms with Crippen molar-refractivity contribution in [2.24, 2.45) is 0 Å². The second kappa shape index (κ2) is 5.34. The number of carbonyl (C=O) groups excluding carboxylic acids is 1. The van der Waals surface area contributed by atoms with Crippen molar-refractivity contribution in [1.29, 1.82) is 0 Å². The van der Waals surface area contributed by atoms with Gasteiger partial charge in [-0.3, -0.25) is 14.3 Å². The minimum absolute atomic E-state index is 0.211. The average Bonchev–Trinajstić information content (AvgIpc) is 2.25. The van der Waals surface area contributed by atoms with Gasteiger partial charge >= 0.3 is 6.18 Å². The normalized spacial score (nSPS) is 13.0. The minimum atomic E-state index is -4.79. The predicted molar refractivity (Wildman–Crippen MR) is 54.4 cm³/mol. The highest BCUT2D eigenvalue weighted by molar-refractivity contribution is 7.85. The number of carboxylic acids is 1. The van der Waals surface area contributed by atoms with E-state index in [2.05, 4.69) is 0 Å². The molecule has 19 heavy (non-hydrogen) atoms. The lowest BCUT2D eigenvalue weighted by Gasteiger charge is -2.09. The molecule has 0 radical (unpaired) electrons. The molecule has 0 fully saturated rings. The number of alkyl halides is 3. The third kappa shape index (κ3) is 3.74. The van der Waals surface area contributed by atoms with Gasteiger partial charge in [0.25, 0.3) is 5.69 Å². The van der Waals surface area contributed by atoms with Crippen LogP contribution >= 0.6 is 0 Å². The number of rotatable bonds is 4. The van der Waals surface area contributed by atoms with Crippen molar-refractivity contribution in [2.45, 2.75) is 11.1 Å². The summed E-state index contributed by atoms with van der Waals surface area (Å²) in [6.45, 7) is 0. The number of benzene rings is 1. The highest BCUT2D eigenvalue weighted by Gasteiger charge is 2.33. The molecule has 1 aromatic rings. The van der Waals surface area contributed by atoms with Crippen LogP contribution in [0.3, 0.4) is 0 Å². The topological polar surface area (TPSA) is 100 Å². The first-order chi connectivity index (χ1) is 8.62. The molecule has 0 bridgehead atoms. The lowest BCUT2D eigenvalue weighted by Crippen LogP contribution is -2.28. The third-order valence-corrected chi connectivity index (χ3v) is 3.31. The van der Waals surface area contributed by atoms with Crippen molar-refractivity contribution in [1.82, 2.24) is 0 Å². The summed E-state index contributed by atoms with van der Waals surface area (Å²) in [6.07, 6.45) is -4.79. The van der Waals surface area contributed by atoms with E-state index in [9.17, 15) is 37.4 Å². The summed E-state index contributed by atoms with van der Waals surface area (Å²) in [7, 11) is -2.35. The number of carboxylic acid groups (broad SMARTS) is 1. The van der Waals surface area contributed by atoms with Crippen LogP contribution in [0.1, 0.15) is 5.56 Å². The molecule has 1 atom stereocenters. The van der Waals surface area contributed by atoms with Gasteiger partial charge in [0.2, 0.25) is 0 Å². The molecule has 0 amide bonds. The Morgan fingerprint density at radius 1 is 1.37 bits per heavy atom. The Morgan fingerprint density at radius 3 is 2.37 bits per heavy atom. The Kier molecular flexibility index (Phi) is 4.24. The second-order valence-electron chi connectivity index (χ2n) is 3.30. The van der Waals surface area contributed by atoms with Crippen LogP contribution in [-0.2, 0) is 21.8 Å². The fourth-order valence-electron chi connectivity index (χ4n) is 1.21. The quantitative estimate of drug-likeness (QED) is 0.594. The molecular weight excluding hydrogens is 291 g/mol. The molecule has 6 nitrogen and oxygen atoms in total. The summed E-state index contributed by atoms with van der Waals surface area (Å²) >= 11 is 0. The smallest absolute Gasteiger partial charge is 0.416 e. The van der Waals surface area contributed by atoms with Gasteiger partial charge in [-0.15, -0.1) is 0 Å². The van der Waals surface area contributed by atoms with Crippen LogP contribution in [0.2, 0.25) is 0 Å². The second-order valence-corrected chi connectivity index (χ2v) is 4.72. The fraction of sp³-hybridized carbons (Fsp3) is 0.222. The van der Waals surface area contributed by atoms with Gasteiger partial charge < -0.3 is 9.90 Å². The molecule has 1 aromatic carbocycles. The number of hydrogen-bond donors (Lipinski definition) is 0. The number of halogens is 3. The summed E-state index contributed by atoms with van der Waals surface area (Å²) in [4.78, 5) is 19.1. The summed E-state index contributed by atoms with van der Waals surface area (Å²) < 4.78 is 48.6. The predicted octanol–water partition coefficient (Wildman–Crippen LogP) is 0.471. The maximum absolute atomic E-state index is 12.4. The van der Waals surface area contributed by atoms with E-state index >= 15 is 0 Å². The first-order valence-electron chi connectivity index (χ1n) is 4.57. The van der Waals surface area contributed by atoms with E-state index in [1.807, 2.05) is 0 Å². The van der Waals surface area contributed by atoms with Crippen molar-refractivity contribution >= 4 is 22.5 Å². The zero-order chi connectivity index (χ0) is 14.8. The molecule has 0 heterocycles. The maximum atomic E-state index is 12.4. The Morgan fingerprint density at radius 2 is 1.95 bits per heavy atom. The van der Waals surface area contributed by atoms with Crippen LogP contribution in [0, 0.1) is 10.1 Å². The van der Waals surface area contributed by atoms with Crippen molar-refractivity contribution in [3.8, 4) is 0 Å². The third-order valence-electron chi connectivity index (χ3n) is 1.98. The molecule has 0 aliphatic heterocycles. The Hall–Kier alpha value is -1.97. The van der Waals surface area contributed by atoms with E-state index < -0.39 is 49.8 Å².